The monoisotopic (exact) mass is 188 g/mol. The van der Waals surface area contributed by atoms with Crippen LogP contribution in [0.1, 0.15) is 33.6 Å². The summed E-state index contributed by atoms with van der Waals surface area (Å²) < 4.78 is 9.71. The van der Waals surface area contributed by atoms with E-state index in [9.17, 15) is 4.79 Å². The van der Waals surface area contributed by atoms with Crippen LogP contribution in [0.2, 0.25) is 0 Å². The van der Waals surface area contributed by atoms with Crippen LogP contribution in [0.4, 0.5) is 0 Å². The van der Waals surface area contributed by atoms with Crippen LogP contribution in [-0.4, -0.2) is 26.3 Å². The maximum absolute atomic E-state index is 11.4. The molecule has 0 bridgehead atoms. The minimum atomic E-state index is -0.692. The fourth-order valence-corrected chi connectivity index (χ4v) is 0.975. The van der Waals surface area contributed by atoms with Gasteiger partial charge in [-0.3, -0.25) is 4.79 Å². The van der Waals surface area contributed by atoms with Crippen LogP contribution in [0, 0.1) is 5.41 Å². The van der Waals surface area contributed by atoms with E-state index in [2.05, 4.69) is 20.8 Å². The van der Waals surface area contributed by atoms with E-state index in [-0.39, 0.29) is 11.2 Å². The lowest BCUT2D eigenvalue weighted by Crippen LogP contribution is -2.25. The van der Waals surface area contributed by atoms with Gasteiger partial charge in [0.05, 0.1) is 0 Å². The molecule has 0 saturated carbocycles. The molecule has 3 heteroatoms. The van der Waals surface area contributed by atoms with Crippen LogP contribution in [0.5, 0.6) is 0 Å². The van der Waals surface area contributed by atoms with E-state index in [1.807, 2.05) is 0 Å². The van der Waals surface area contributed by atoms with Gasteiger partial charge in [0.2, 0.25) is 6.29 Å². The van der Waals surface area contributed by atoms with Gasteiger partial charge < -0.3 is 9.47 Å². The predicted molar refractivity (Wildman–Crippen MR) is 51.5 cm³/mol. The first kappa shape index (κ1) is 12.6. The molecule has 0 rings (SSSR count). The van der Waals surface area contributed by atoms with Crippen LogP contribution in [0.3, 0.4) is 0 Å². The van der Waals surface area contributed by atoms with Gasteiger partial charge >= 0.3 is 0 Å². The molecule has 0 radical (unpaired) electrons. The molecule has 0 amide bonds. The highest BCUT2D eigenvalue weighted by Gasteiger charge is 2.19. The van der Waals surface area contributed by atoms with Gasteiger partial charge in [0.1, 0.15) is 0 Å². The Morgan fingerprint density at radius 3 is 2.00 bits per heavy atom. The molecule has 0 aromatic heterocycles. The zero-order valence-corrected chi connectivity index (χ0v) is 9.22. The fourth-order valence-electron chi connectivity index (χ4n) is 0.975. The highest BCUT2D eigenvalue weighted by Crippen LogP contribution is 2.21. The Morgan fingerprint density at radius 2 is 1.69 bits per heavy atom. The van der Waals surface area contributed by atoms with E-state index in [1.165, 1.54) is 14.2 Å². The molecule has 0 aliphatic carbocycles. The number of hydrogen-bond acceptors (Lipinski definition) is 3. The zero-order chi connectivity index (χ0) is 10.5. The Morgan fingerprint density at radius 1 is 1.23 bits per heavy atom. The third-order valence-corrected chi connectivity index (χ3v) is 1.81. The van der Waals surface area contributed by atoms with Crippen molar-refractivity contribution in [2.75, 3.05) is 14.2 Å². The predicted octanol–water partition coefficient (Wildman–Crippen LogP) is 2.00. The molecule has 0 spiro atoms. The molecular formula is C10H20O3. The molecule has 13 heavy (non-hydrogen) atoms. The molecule has 0 aliphatic heterocycles. The quantitative estimate of drug-likeness (QED) is 0.619. The summed E-state index contributed by atoms with van der Waals surface area (Å²) in [5.74, 6) is 0.0138. The second-order valence-corrected chi connectivity index (χ2v) is 4.33. The summed E-state index contributed by atoms with van der Waals surface area (Å²) in [5, 5.41) is 0. The van der Waals surface area contributed by atoms with E-state index in [1.54, 1.807) is 0 Å². The third-order valence-electron chi connectivity index (χ3n) is 1.81. The van der Waals surface area contributed by atoms with Gasteiger partial charge in [-0.1, -0.05) is 20.8 Å². The van der Waals surface area contributed by atoms with Gasteiger partial charge in [0, 0.05) is 20.6 Å². The molecule has 0 aromatic carbocycles. The molecular weight excluding hydrogens is 168 g/mol. The smallest absolute Gasteiger partial charge is 0.217 e. The van der Waals surface area contributed by atoms with Crippen LogP contribution in [-0.2, 0) is 14.3 Å². The number of ketones is 1. The van der Waals surface area contributed by atoms with Gasteiger partial charge in [-0.15, -0.1) is 0 Å². The molecule has 0 unspecified atom stereocenters. The minimum absolute atomic E-state index is 0.0138. The summed E-state index contributed by atoms with van der Waals surface area (Å²) in [6, 6.07) is 0. The van der Waals surface area contributed by atoms with E-state index < -0.39 is 6.29 Å². The van der Waals surface area contributed by atoms with Crippen LogP contribution >= 0.6 is 0 Å². The maximum atomic E-state index is 11.4. The molecule has 0 atom stereocenters. The largest absolute Gasteiger partial charge is 0.349 e. The number of methoxy groups -OCH3 is 2. The molecule has 0 fully saturated rings. The van der Waals surface area contributed by atoms with E-state index in [4.69, 9.17) is 9.47 Å². The topological polar surface area (TPSA) is 35.5 Å². The van der Waals surface area contributed by atoms with Gasteiger partial charge in [0.15, 0.2) is 5.78 Å². The van der Waals surface area contributed by atoms with Crippen molar-refractivity contribution in [1.82, 2.24) is 0 Å². The van der Waals surface area contributed by atoms with Crippen LogP contribution < -0.4 is 0 Å². The van der Waals surface area contributed by atoms with Crippen molar-refractivity contribution >= 4 is 5.78 Å². The second kappa shape index (κ2) is 5.35. The van der Waals surface area contributed by atoms with E-state index >= 15 is 0 Å². The van der Waals surface area contributed by atoms with Gasteiger partial charge in [-0.05, 0) is 11.8 Å². The number of Topliss-reactive ketones (excluding diaryl/α,β-unsaturated/α-hetero) is 1. The first-order valence-electron chi connectivity index (χ1n) is 4.49. The Hall–Kier alpha value is -0.410. The highest BCUT2D eigenvalue weighted by atomic mass is 16.7. The van der Waals surface area contributed by atoms with Crippen molar-refractivity contribution in [1.29, 1.82) is 0 Å². The minimum Gasteiger partial charge on any atom is -0.349 e. The molecule has 0 heterocycles. The zero-order valence-electron chi connectivity index (χ0n) is 9.22. The van der Waals surface area contributed by atoms with E-state index in [0.717, 1.165) is 6.42 Å². The number of ether oxygens (including phenoxy) is 2. The van der Waals surface area contributed by atoms with E-state index in [0.29, 0.717) is 6.42 Å². The van der Waals surface area contributed by atoms with Gasteiger partial charge in [-0.2, -0.15) is 0 Å². The molecule has 3 nitrogen and oxygen atoms in total. The van der Waals surface area contributed by atoms with Crippen molar-refractivity contribution in [3.05, 3.63) is 0 Å². The first-order valence-corrected chi connectivity index (χ1v) is 4.49. The van der Waals surface area contributed by atoms with Gasteiger partial charge in [0.25, 0.3) is 0 Å². The molecule has 78 valence electrons. The normalized spacial score (nSPS) is 12.2. The number of carbonyl (C=O) groups excluding carboxylic acids is 1. The number of hydrogen-bond donors (Lipinski definition) is 0. The summed E-state index contributed by atoms with van der Waals surface area (Å²) in [6.45, 7) is 6.32. The summed E-state index contributed by atoms with van der Waals surface area (Å²) in [5.41, 5.74) is 0.182. The van der Waals surface area contributed by atoms with Crippen molar-refractivity contribution in [2.45, 2.75) is 39.9 Å². The standard InChI is InChI=1S/C10H20O3/c1-10(2,3)7-6-8(11)9(12-4)13-5/h9H,6-7H2,1-5H3. The lowest BCUT2D eigenvalue weighted by Gasteiger charge is -2.19. The lowest BCUT2D eigenvalue weighted by atomic mass is 9.89. The van der Waals surface area contributed by atoms with Crippen LogP contribution in [0.25, 0.3) is 0 Å². The molecule has 0 aliphatic rings. The Kier molecular flexibility index (Phi) is 5.18. The van der Waals surface area contributed by atoms with Gasteiger partial charge in [-0.25, -0.2) is 0 Å². The molecule has 0 N–H and O–H groups in total. The summed E-state index contributed by atoms with van der Waals surface area (Å²) in [4.78, 5) is 11.4. The highest BCUT2D eigenvalue weighted by molar-refractivity contribution is 5.81. The lowest BCUT2D eigenvalue weighted by molar-refractivity contribution is -0.157. The van der Waals surface area contributed by atoms with Crippen molar-refractivity contribution in [3.63, 3.8) is 0 Å². The Bertz CT molecular complexity index is 154. The second-order valence-electron chi connectivity index (χ2n) is 4.33. The van der Waals surface area contributed by atoms with Crippen LogP contribution in [0.15, 0.2) is 0 Å². The van der Waals surface area contributed by atoms with Crippen molar-refractivity contribution in [3.8, 4) is 0 Å². The first-order chi connectivity index (χ1) is 5.90. The maximum Gasteiger partial charge on any atom is 0.217 e. The summed E-state index contributed by atoms with van der Waals surface area (Å²) >= 11 is 0. The number of carbonyl (C=O) groups is 1. The third kappa shape index (κ3) is 5.77. The van der Waals surface area contributed by atoms with Crippen molar-refractivity contribution < 1.29 is 14.3 Å². The average Bonchev–Trinajstić information content (AvgIpc) is 2.02. The average molecular weight is 188 g/mol. The van der Waals surface area contributed by atoms with Crippen molar-refractivity contribution in [2.24, 2.45) is 5.41 Å². The SMILES string of the molecule is COC(OC)C(=O)CCC(C)(C)C. The Balaban J connectivity index is 3.86. The summed E-state index contributed by atoms with van der Waals surface area (Å²) in [6.07, 6.45) is 0.674. The number of rotatable bonds is 5. The Labute approximate surface area is 80.4 Å². The molecule has 0 aromatic rings. The summed E-state index contributed by atoms with van der Waals surface area (Å²) in [7, 11) is 2.95. The fraction of sp³-hybridized carbons (Fsp3) is 0.900. The molecule has 0 saturated heterocycles.